The largest absolute Gasteiger partial charge is 0.497 e. The minimum absolute atomic E-state index is 0.0859. The molecule has 1 aromatic heterocycles. The van der Waals surface area contributed by atoms with Gasteiger partial charge in [0, 0.05) is 12.2 Å². The molecular weight excluding hydrogens is 437 g/mol. The Kier molecular flexibility index (Phi) is 7.77. The first-order valence-electron chi connectivity index (χ1n) is 9.92. The summed E-state index contributed by atoms with van der Waals surface area (Å²) in [7, 11) is 1.64. The molecule has 0 saturated heterocycles. The second-order valence-electron chi connectivity index (χ2n) is 7.20. The molecule has 7 heteroatoms. The van der Waals surface area contributed by atoms with E-state index >= 15 is 0 Å². The molecule has 0 aliphatic rings. The van der Waals surface area contributed by atoms with Crippen molar-refractivity contribution in [1.29, 1.82) is 0 Å². The van der Waals surface area contributed by atoms with Crippen LogP contribution in [-0.2, 0) is 25.8 Å². The van der Waals surface area contributed by atoms with Crippen molar-refractivity contribution in [2.24, 2.45) is 0 Å². The SMILES string of the molecule is COc1cccc(CCCc2c(Cl)cc(Cl)c(=O)n2CCc2ccc(C(=O)O)cc2)c1. The van der Waals surface area contributed by atoms with Gasteiger partial charge in [-0.15, -0.1) is 0 Å². The van der Waals surface area contributed by atoms with E-state index in [4.69, 9.17) is 33.0 Å². The van der Waals surface area contributed by atoms with Crippen molar-refractivity contribution < 1.29 is 14.6 Å². The lowest BCUT2D eigenvalue weighted by Crippen LogP contribution is -2.25. The van der Waals surface area contributed by atoms with Crippen molar-refractivity contribution in [2.45, 2.75) is 32.2 Å². The number of aryl methyl sites for hydroxylation is 2. The molecular formula is C24H23Cl2NO4. The van der Waals surface area contributed by atoms with Gasteiger partial charge in [0.2, 0.25) is 0 Å². The Morgan fingerprint density at radius 1 is 0.968 bits per heavy atom. The van der Waals surface area contributed by atoms with E-state index in [1.54, 1.807) is 35.9 Å². The summed E-state index contributed by atoms with van der Waals surface area (Å²) >= 11 is 12.5. The lowest BCUT2D eigenvalue weighted by molar-refractivity contribution is 0.0697. The van der Waals surface area contributed by atoms with Gasteiger partial charge >= 0.3 is 5.97 Å². The Balaban J connectivity index is 1.74. The number of methoxy groups -OCH3 is 1. The molecule has 0 spiro atoms. The predicted octanol–water partition coefficient (Wildman–Crippen LogP) is 5.28. The highest BCUT2D eigenvalue weighted by Crippen LogP contribution is 2.22. The summed E-state index contributed by atoms with van der Waals surface area (Å²) in [6, 6.07) is 16.0. The Bertz CT molecular complexity index is 1120. The van der Waals surface area contributed by atoms with E-state index in [9.17, 15) is 9.59 Å². The van der Waals surface area contributed by atoms with Crippen molar-refractivity contribution >= 4 is 29.2 Å². The molecule has 31 heavy (non-hydrogen) atoms. The van der Waals surface area contributed by atoms with Crippen LogP contribution in [0.1, 0.15) is 33.6 Å². The fraction of sp³-hybridized carbons (Fsp3) is 0.250. The molecule has 0 aliphatic carbocycles. The van der Waals surface area contributed by atoms with Gasteiger partial charge in [-0.2, -0.15) is 0 Å². The number of hydrogen-bond donors (Lipinski definition) is 1. The number of benzene rings is 2. The lowest BCUT2D eigenvalue weighted by atomic mass is 10.1. The Hall–Kier alpha value is -2.76. The molecule has 5 nitrogen and oxygen atoms in total. The van der Waals surface area contributed by atoms with Gasteiger partial charge in [0.1, 0.15) is 10.8 Å². The number of nitrogens with zero attached hydrogens (tertiary/aromatic N) is 1. The molecule has 0 bridgehead atoms. The van der Waals surface area contributed by atoms with Gasteiger partial charge in [-0.05, 0) is 67.1 Å². The molecule has 3 aromatic rings. The summed E-state index contributed by atoms with van der Waals surface area (Å²) in [5.41, 5.74) is 2.78. The van der Waals surface area contributed by atoms with Crippen molar-refractivity contribution in [2.75, 3.05) is 7.11 Å². The number of hydrogen-bond acceptors (Lipinski definition) is 3. The van der Waals surface area contributed by atoms with E-state index in [0.29, 0.717) is 24.4 Å². The van der Waals surface area contributed by atoms with Crippen LogP contribution in [-0.4, -0.2) is 22.8 Å². The highest BCUT2D eigenvalue weighted by atomic mass is 35.5. The second-order valence-corrected chi connectivity index (χ2v) is 8.02. The van der Waals surface area contributed by atoms with Crippen LogP contribution < -0.4 is 10.3 Å². The Labute approximate surface area is 190 Å². The maximum absolute atomic E-state index is 12.7. The molecule has 0 fully saturated rings. The van der Waals surface area contributed by atoms with E-state index in [2.05, 4.69) is 0 Å². The fourth-order valence-corrected chi connectivity index (χ4v) is 4.04. The summed E-state index contributed by atoms with van der Waals surface area (Å²) in [6.07, 6.45) is 2.81. The number of aromatic carboxylic acids is 1. The number of halogens is 2. The first-order chi connectivity index (χ1) is 14.9. The second kappa shape index (κ2) is 10.5. The van der Waals surface area contributed by atoms with Crippen molar-refractivity contribution in [1.82, 2.24) is 4.57 Å². The standard InChI is InChI=1S/C24H23Cl2NO4/c1-31-19-6-2-4-17(14-19)5-3-7-22-20(25)15-21(26)23(28)27(22)13-12-16-8-10-18(11-9-16)24(29)30/h2,4,6,8-11,14-15H,3,5,7,12-13H2,1H3,(H,29,30). The molecule has 3 rings (SSSR count). The predicted molar refractivity (Wildman–Crippen MR) is 123 cm³/mol. The van der Waals surface area contributed by atoms with E-state index in [0.717, 1.165) is 35.4 Å². The third-order valence-electron chi connectivity index (χ3n) is 5.14. The zero-order valence-corrected chi connectivity index (χ0v) is 18.6. The number of pyridine rings is 1. The maximum Gasteiger partial charge on any atom is 0.335 e. The highest BCUT2D eigenvalue weighted by molar-refractivity contribution is 6.34. The monoisotopic (exact) mass is 459 g/mol. The number of carboxylic acids is 1. The summed E-state index contributed by atoms with van der Waals surface area (Å²) in [4.78, 5) is 23.7. The minimum atomic E-state index is -0.970. The Morgan fingerprint density at radius 2 is 1.71 bits per heavy atom. The lowest BCUT2D eigenvalue weighted by Gasteiger charge is -2.16. The summed E-state index contributed by atoms with van der Waals surface area (Å²) in [5.74, 6) is -0.157. The average Bonchev–Trinajstić information content (AvgIpc) is 2.77. The summed E-state index contributed by atoms with van der Waals surface area (Å²) < 4.78 is 6.89. The topological polar surface area (TPSA) is 68.5 Å². The van der Waals surface area contributed by atoms with E-state index in [1.807, 2.05) is 24.3 Å². The van der Waals surface area contributed by atoms with Crippen LogP contribution in [0, 0.1) is 0 Å². The first kappa shape index (κ1) is 22.9. The van der Waals surface area contributed by atoms with Crippen LogP contribution in [0.15, 0.2) is 59.4 Å². The van der Waals surface area contributed by atoms with Gasteiger partial charge in [-0.1, -0.05) is 47.5 Å². The average molecular weight is 460 g/mol. The van der Waals surface area contributed by atoms with Crippen LogP contribution in [0.25, 0.3) is 0 Å². The molecule has 0 unspecified atom stereocenters. The molecule has 1 N–H and O–H groups in total. The Morgan fingerprint density at radius 3 is 2.39 bits per heavy atom. The van der Waals surface area contributed by atoms with Crippen LogP contribution in [0.4, 0.5) is 0 Å². The fourth-order valence-electron chi connectivity index (χ4n) is 3.47. The number of carboxylic acid groups (broad SMARTS) is 1. The van der Waals surface area contributed by atoms with Gasteiger partial charge in [-0.3, -0.25) is 4.79 Å². The molecule has 1 heterocycles. The van der Waals surface area contributed by atoms with Gasteiger partial charge < -0.3 is 14.4 Å². The highest BCUT2D eigenvalue weighted by Gasteiger charge is 2.13. The molecule has 2 aromatic carbocycles. The number of ether oxygens (including phenoxy) is 1. The molecule has 0 amide bonds. The third kappa shape index (κ3) is 5.90. The van der Waals surface area contributed by atoms with Gasteiger partial charge in [0.05, 0.1) is 17.7 Å². The molecule has 0 saturated carbocycles. The van der Waals surface area contributed by atoms with Crippen LogP contribution in [0.3, 0.4) is 0 Å². The van der Waals surface area contributed by atoms with Crippen molar-refractivity contribution in [3.05, 3.63) is 97.4 Å². The molecule has 0 radical (unpaired) electrons. The number of aromatic nitrogens is 1. The maximum atomic E-state index is 12.7. The van der Waals surface area contributed by atoms with Crippen LogP contribution in [0.2, 0.25) is 10.0 Å². The number of rotatable bonds is 9. The first-order valence-corrected chi connectivity index (χ1v) is 10.7. The third-order valence-corrected chi connectivity index (χ3v) is 5.74. The normalized spacial score (nSPS) is 10.8. The van der Waals surface area contributed by atoms with E-state index < -0.39 is 5.97 Å². The van der Waals surface area contributed by atoms with Crippen molar-refractivity contribution in [3.8, 4) is 5.75 Å². The minimum Gasteiger partial charge on any atom is -0.497 e. The smallest absolute Gasteiger partial charge is 0.335 e. The summed E-state index contributed by atoms with van der Waals surface area (Å²) in [5, 5.41) is 9.58. The molecule has 0 atom stereocenters. The number of carbonyl (C=O) groups is 1. The van der Waals surface area contributed by atoms with Gasteiger partial charge in [0.15, 0.2) is 0 Å². The van der Waals surface area contributed by atoms with Crippen molar-refractivity contribution in [3.63, 3.8) is 0 Å². The van der Waals surface area contributed by atoms with Gasteiger partial charge in [0.25, 0.3) is 5.56 Å². The van der Waals surface area contributed by atoms with Crippen LogP contribution in [0.5, 0.6) is 5.75 Å². The van der Waals surface area contributed by atoms with Crippen LogP contribution >= 0.6 is 23.2 Å². The zero-order chi connectivity index (χ0) is 22.4. The van der Waals surface area contributed by atoms with Gasteiger partial charge in [-0.25, -0.2) is 4.79 Å². The van der Waals surface area contributed by atoms with E-state index in [-0.39, 0.29) is 16.1 Å². The summed E-state index contributed by atoms with van der Waals surface area (Å²) in [6.45, 7) is 0.403. The zero-order valence-electron chi connectivity index (χ0n) is 17.1. The quantitative estimate of drug-likeness (QED) is 0.472. The molecule has 0 aliphatic heterocycles. The molecule has 162 valence electrons. The van der Waals surface area contributed by atoms with E-state index in [1.165, 1.54) is 6.07 Å².